The predicted molar refractivity (Wildman–Crippen MR) is 66.1 cm³/mol. The molecule has 1 heterocycles. The van der Waals surface area contributed by atoms with Crippen LogP contribution in [0.1, 0.15) is 5.56 Å². The summed E-state index contributed by atoms with van der Waals surface area (Å²) in [5.74, 6) is 0.160. The molecule has 0 aliphatic rings. The summed E-state index contributed by atoms with van der Waals surface area (Å²) < 4.78 is 4.95. The summed E-state index contributed by atoms with van der Waals surface area (Å²) in [5.41, 5.74) is 6.73. The zero-order valence-corrected chi connectivity index (χ0v) is 10.4. The molecule has 0 spiro atoms. The van der Waals surface area contributed by atoms with Crippen LogP contribution < -0.4 is 10.5 Å². The summed E-state index contributed by atoms with van der Waals surface area (Å²) in [6.07, 6.45) is 0. The summed E-state index contributed by atoms with van der Waals surface area (Å²) in [6.45, 7) is 2.03. The second-order valence-corrected chi connectivity index (χ2v) is 4.34. The maximum Gasteiger partial charge on any atom is 0.321 e. The van der Waals surface area contributed by atoms with Gasteiger partial charge in [0.25, 0.3) is 0 Å². The Morgan fingerprint density at radius 3 is 2.65 bits per heavy atom. The lowest BCUT2D eigenvalue weighted by Crippen LogP contribution is -2.01. The molecule has 1 aromatic heterocycles. The van der Waals surface area contributed by atoms with Gasteiger partial charge >= 0.3 is 6.01 Å². The first-order chi connectivity index (χ1) is 8.19. The minimum Gasteiger partial charge on any atom is -0.467 e. The van der Waals surface area contributed by atoms with Crippen molar-refractivity contribution in [2.75, 3.05) is 12.8 Å². The van der Waals surface area contributed by atoms with Crippen LogP contribution in [0.4, 0.5) is 5.95 Å². The van der Waals surface area contributed by atoms with Gasteiger partial charge in [-0.25, -0.2) is 0 Å². The first-order valence-corrected chi connectivity index (χ1v) is 5.79. The van der Waals surface area contributed by atoms with Gasteiger partial charge in [-0.15, -0.1) is 0 Å². The standard InChI is InChI=1S/C11H12N4OS/c1-7-5-3-4-6-8(7)17-11-14-9(12)13-10(15-11)16-2/h3-6H,1-2H3,(H2,12,13,14,15). The van der Waals surface area contributed by atoms with E-state index in [1.165, 1.54) is 18.9 Å². The molecular weight excluding hydrogens is 236 g/mol. The Labute approximate surface area is 103 Å². The lowest BCUT2D eigenvalue weighted by Gasteiger charge is -2.05. The Balaban J connectivity index is 2.30. The molecule has 0 fully saturated rings. The summed E-state index contributed by atoms with van der Waals surface area (Å²) in [4.78, 5) is 13.1. The fraction of sp³-hybridized carbons (Fsp3) is 0.182. The van der Waals surface area contributed by atoms with E-state index in [1.54, 1.807) is 0 Å². The molecule has 0 aliphatic heterocycles. The topological polar surface area (TPSA) is 73.9 Å². The van der Waals surface area contributed by atoms with Crippen LogP contribution in [0.15, 0.2) is 34.3 Å². The Morgan fingerprint density at radius 2 is 1.94 bits per heavy atom. The van der Waals surface area contributed by atoms with Crippen molar-refractivity contribution in [2.24, 2.45) is 0 Å². The van der Waals surface area contributed by atoms with Crippen molar-refractivity contribution in [1.82, 2.24) is 15.0 Å². The van der Waals surface area contributed by atoms with Crippen molar-refractivity contribution >= 4 is 17.7 Å². The van der Waals surface area contributed by atoms with Crippen molar-refractivity contribution in [3.8, 4) is 6.01 Å². The third-order valence-electron chi connectivity index (χ3n) is 2.09. The van der Waals surface area contributed by atoms with Gasteiger partial charge in [-0.1, -0.05) is 18.2 Å². The van der Waals surface area contributed by atoms with Gasteiger partial charge in [0.05, 0.1) is 7.11 Å². The van der Waals surface area contributed by atoms with E-state index in [-0.39, 0.29) is 12.0 Å². The average Bonchev–Trinajstić information content (AvgIpc) is 2.31. The van der Waals surface area contributed by atoms with Crippen LogP contribution in [0.3, 0.4) is 0 Å². The number of aryl methyl sites for hydroxylation is 1. The maximum absolute atomic E-state index is 5.57. The number of nitrogen functional groups attached to an aromatic ring is 1. The molecule has 1 aromatic carbocycles. The molecule has 0 amide bonds. The van der Waals surface area contributed by atoms with Gasteiger partial charge in [0, 0.05) is 4.90 Å². The molecule has 2 aromatic rings. The number of nitrogens with two attached hydrogens (primary N) is 1. The van der Waals surface area contributed by atoms with Crippen molar-refractivity contribution in [2.45, 2.75) is 17.0 Å². The van der Waals surface area contributed by atoms with Crippen molar-refractivity contribution in [3.05, 3.63) is 29.8 Å². The van der Waals surface area contributed by atoms with E-state index >= 15 is 0 Å². The van der Waals surface area contributed by atoms with E-state index in [2.05, 4.69) is 15.0 Å². The molecule has 2 N–H and O–H groups in total. The third kappa shape index (κ3) is 2.85. The number of methoxy groups -OCH3 is 1. The maximum atomic E-state index is 5.57. The van der Waals surface area contributed by atoms with Gasteiger partial charge in [-0.2, -0.15) is 15.0 Å². The van der Waals surface area contributed by atoms with Gasteiger partial charge in [0.15, 0.2) is 0 Å². The molecule has 0 saturated heterocycles. The van der Waals surface area contributed by atoms with Crippen LogP contribution in [0.5, 0.6) is 6.01 Å². The molecular formula is C11H12N4OS. The highest BCUT2D eigenvalue weighted by molar-refractivity contribution is 7.99. The molecule has 0 aliphatic carbocycles. The van der Waals surface area contributed by atoms with Crippen molar-refractivity contribution in [1.29, 1.82) is 0 Å². The van der Waals surface area contributed by atoms with Gasteiger partial charge in [0.2, 0.25) is 11.1 Å². The van der Waals surface area contributed by atoms with E-state index in [0.717, 1.165) is 10.5 Å². The SMILES string of the molecule is COc1nc(N)nc(Sc2ccccc2C)n1. The smallest absolute Gasteiger partial charge is 0.321 e. The molecule has 5 nitrogen and oxygen atoms in total. The Morgan fingerprint density at radius 1 is 1.18 bits per heavy atom. The first kappa shape index (κ1) is 11.7. The van der Waals surface area contributed by atoms with Crippen molar-refractivity contribution in [3.63, 3.8) is 0 Å². The quantitative estimate of drug-likeness (QED) is 0.894. The second-order valence-electron chi connectivity index (χ2n) is 3.33. The number of hydrogen-bond acceptors (Lipinski definition) is 6. The largest absolute Gasteiger partial charge is 0.467 e. The number of ether oxygens (including phenoxy) is 1. The van der Waals surface area contributed by atoms with Gasteiger partial charge < -0.3 is 10.5 Å². The minimum atomic E-state index is 0.160. The molecule has 6 heteroatoms. The van der Waals surface area contributed by atoms with Crippen LogP contribution in [-0.2, 0) is 0 Å². The zero-order valence-electron chi connectivity index (χ0n) is 9.54. The lowest BCUT2D eigenvalue weighted by molar-refractivity contribution is 0.374. The lowest BCUT2D eigenvalue weighted by atomic mass is 10.2. The summed E-state index contributed by atoms with van der Waals surface area (Å²) >= 11 is 1.44. The first-order valence-electron chi connectivity index (χ1n) is 4.98. The number of rotatable bonds is 3. The number of aromatic nitrogens is 3. The monoisotopic (exact) mass is 248 g/mol. The number of hydrogen-bond donors (Lipinski definition) is 1. The van der Waals surface area contributed by atoms with E-state index in [0.29, 0.717) is 5.16 Å². The second kappa shape index (κ2) is 5.01. The Kier molecular flexibility index (Phi) is 3.43. The van der Waals surface area contributed by atoms with Gasteiger partial charge in [0.1, 0.15) is 0 Å². The molecule has 0 bridgehead atoms. The van der Waals surface area contributed by atoms with Crippen LogP contribution in [0, 0.1) is 6.92 Å². The van der Waals surface area contributed by atoms with Gasteiger partial charge in [-0.05, 0) is 30.3 Å². The van der Waals surface area contributed by atoms with Crippen LogP contribution >= 0.6 is 11.8 Å². The fourth-order valence-corrected chi connectivity index (χ4v) is 2.09. The average molecular weight is 248 g/mol. The predicted octanol–water partition coefficient (Wildman–Crippen LogP) is 1.92. The molecule has 0 atom stereocenters. The van der Waals surface area contributed by atoms with Crippen LogP contribution in [0.2, 0.25) is 0 Å². The van der Waals surface area contributed by atoms with E-state index in [9.17, 15) is 0 Å². The third-order valence-corrected chi connectivity index (χ3v) is 3.13. The highest BCUT2D eigenvalue weighted by Gasteiger charge is 2.07. The molecule has 17 heavy (non-hydrogen) atoms. The molecule has 0 unspecified atom stereocenters. The molecule has 0 saturated carbocycles. The minimum absolute atomic E-state index is 0.160. The summed E-state index contributed by atoms with van der Waals surface area (Å²) in [5, 5.41) is 0.531. The molecule has 2 rings (SSSR count). The Hall–Kier alpha value is -1.82. The fourth-order valence-electron chi connectivity index (χ4n) is 1.26. The van der Waals surface area contributed by atoms with Crippen LogP contribution in [-0.4, -0.2) is 22.1 Å². The zero-order chi connectivity index (χ0) is 12.3. The Bertz CT molecular complexity index is 533. The van der Waals surface area contributed by atoms with Crippen molar-refractivity contribution < 1.29 is 4.74 Å². The normalized spacial score (nSPS) is 10.2. The van der Waals surface area contributed by atoms with Crippen LogP contribution in [0.25, 0.3) is 0 Å². The highest BCUT2D eigenvalue weighted by atomic mass is 32.2. The van der Waals surface area contributed by atoms with E-state index < -0.39 is 0 Å². The van der Waals surface area contributed by atoms with Gasteiger partial charge in [-0.3, -0.25) is 0 Å². The number of nitrogens with zero attached hydrogens (tertiary/aromatic N) is 3. The van der Waals surface area contributed by atoms with E-state index in [1.807, 2.05) is 31.2 Å². The molecule has 88 valence electrons. The number of benzene rings is 1. The highest BCUT2D eigenvalue weighted by Crippen LogP contribution is 2.28. The van der Waals surface area contributed by atoms with E-state index in [4.69, 9.17) is 10.5 Å². The number of anilines is 1. The summed E-state index contributed by atoms with van der Waals surface area (Å²) in [6, 6.07) is 8.23. The molecule has 0 radical (unpaired) electrons. The summed E-state index contributed by atoms with van der Waals surface area (Å²) in [7, 11) is 1.50.